The summed E-state index contributed by atoms with van der Waals surface area (Å²) in [6, 6.07) is 13.2. The summed E-state index contributed by atoms with van der Waals surface area (Å²) in [7, 11) is 0. The lowest BCUT2D eigenvalue weighted by Gasteiger charge is -2.34. The minimum Gasteiger partial charge on any atom is -0.347 e. The highest BCUT2D eigenvalue weighted by Crippen LogP contribution is 2.25. The zero-order valence-corrected chi connectivity index (χ0v) is 18.8. The fourth-order valence-corrected chi connectivity index (χ4v) is 5.43. The lowest BCUT2D eigenvalue weighted by atomic mass is 10.1. The number of fused-ring (bicyclic) bond motifs is 1. The second-order valence-corrected chi connectivity index (χ2v) is 9.54. The summed E-state index contributed by atoms with van der Waals surface area (Å²) >= 11 is 13.6. The van der Waals surface area contributed by atoms with Crippen LogP contribution in [0.3, 0.4) is 0 Å². The minimum atomic E-state index is -0.559. The molecule has 2 aliphatic heterocycles. The van der Waals surface area contributed by atoms with Gasteiger partial charge in [0.15, 0.2) is 0 Å². The zero-order valence-electron chi connectivity index (χ0n) is 16.5. The molecule has 0 unspecified atom stereocenters. The number of hydrogen-bond donors (Lipinski definition) is 2. The summed E-state index contributed by atoms with van der Waals surface area (Å²) in [6.45, 7) is 0.302. The molecule has 2 heterocycles. The molecule has 31 heavy (non-hydrogen) atoms. The Bertz CT molecular complexity index is 985. The summed E-state index contributed by atoms with van der Waals surface area (Å²) in [4.78, 5) is 39.7. The number of nitrogens with one attached hydrogen (secondary N) is 2. The van der Waals surface area contributed by atoms with Crippen LogP contribution < -0.4 is 10.6 Å². The maximum absolute atomic E-state index is 12.9. The van der Waals surface area contributed by atoms with E-state index in [1.54, 1.807) is 22.7 Å². The molecule has 2 saturated heterocycles. The fraction of sp³-hybridized carbons (Fsp3) is 0.318. The molecule has 0 spiro atoms. The minimum absolute atomic E-state index is 0.104. The van der Waals surface area contributed by atoms with Crippen molar-refractivity contribution in [1.82, 2.24) is 15.5 Å². The molecule has 6 nitrogen and oxygen atoms in total. The standard InChI is InChI=1S/C22H21Cl2N3O3S/c23-15-6-14(7-16(24)8-15)20(28)25-17-9-19-21(29)26-18(22(30)27(19)10-17)12-31-11-13-4-2-1-3-5-13/h1-8,17-19H,9-12H2,(H,25,28)(H,26,29)/t17-,18-,19-/m0/s1. The Labute approximate surface area is 194 Å². The summed E-state index contributed by atoms with van der Waals surface area (Å²) in [5.41, 5.74) is 1.51. The van der Waals surface area contributed by atoms with Crippen LogP contribution in [0.25, 0.3) is 0 Å². The number of halogens is 2. The van der Waals surface area contributed by atoms with E-state index in [2.05, 4.69) is 10.6 Å². The van der Waals surface area contributed by atoms with Gasteiger partial charge in [-0.1, -0.05) is 53.5 Å². The molecule has 0 bridgehead atoms. The third kappa shape index (κ3) is 5.17. The molecule has 0 aliphatic carbocycles. The molecule has 2 N–H and O–H groups in total. The van der Waals surface area contributed by atoms with Crippen molar-refractivity contribution in [1.29, 1.82) is 0 Å². The van der Waals surface area contributed by atoms with Gasteiger partial charge in [-0.05, 0) is 30.2 Å². The summed E-state index contributed by atoms with van der Waals surface area (Å²) in [5, 5.41) is 6.47. The van der Waals surface area contributed by atoms with Crippen LogP contribution in [0.4, 0.5) is 0 Å². The van der Waals surface area contributed by atoms with Gasteiger partial charge in [-0.2, -0.15) is 11.8 Å². The monoisotopic (exact) mass is 477 g/mol. The molecule has 0 radical (unpaired) electrons. The van der Waals surface area contributed by atoms with Crippen molar-refractivity contribution in [3.05, 3.63) is 69.7 Å². The van der Waals surface area contributed by atoms with Crippen molar-refractivity contribution in [2.75, 3.05) is 12.3 Å². The van der Waals surface area contributed by atoms with Gasteiger partial charge in [0, 0.05) is 39.7 Å². The van der Waals surface area contributed by atoms with E-state index in [1.807, 2.05) is 30.3 Å². The highest BCUT2D eigenvalue weighted by atomic mass is 35.5. The van der Waals surface area contributed by atoms with Gasteiger partial charge in [-0.15, -0.1) is 0 Å². The second-order valence-electron chi connectivity index (χ2n) is 7.63. The first-order valence-corrected chi connectivity index (χ1v) is 11.8. The molecule has 162 valence electrons. The number of rotatable bonds is 6. The molecular weight excluding hydrogens is 457 g/mol. The molecule has 2 aromatic rings. The van der Waals surface area contributed by atoms with Crippen LogP contribution in [0.2, 0.25) is 10.0 Å². The topological polar surface area (TPSA) is 78.5 Å². The van der Waals surface area contributed by atoms with Crippen LogP contribution in [0.15, 0.2) is 48.5 Å². The Morgan fingerprint density at radius 3 is 2.55 bits per heavy atom. The Kier molecular flexibility index (Phi) is 6.74. The molecular formula is C22H21Cl2N3O3S. The first kappa shape index (κ1) is 22.0. The van der Waals surface area contributed by atoms with E-state index in [9.17, 15) is 14.4 Å². The van der Waals surface area contributed by atoms with Crippen molar-refractivity contribution in [2.24, 2.45) is 0 Å². The van der Waals surface area contributed by atoms with Crippen LogP contribution >= 0.6 is 35.0 Å². The maximum atomic E-state index is 12.9. The van der Waals surface area contributed by atoms with E-state index in [4.69, 9.17) is 23.2 Å². The Morgan fingerprint density at radius 2 is 1.84 bits per heavy atom. The number of nitrogens with zero attached hydrogens (tertiary/aromatic N) is 1. The smallest absolute Gasteiger partial charge is 0.251 e. The lowest BCUT2D eigenvalue weighted by Crippen LogP contribution is -2.61. The number of thioether (sulfide) groups is 1. The van der Waals surface area contributed by atoms with Crippen LogP contribution in [0, 0.1) is 0 Å². The van der Waals surface area contributed by atoms with Gasteiger partial charge in [-0.3, -0.25) is 14.4 Å². The number of hydrogen-bond acceptors (Lipinski definition) is 4. The molecule has 3 atom stereocenters. The second kappa shape index (κ2) is 9.51. The predicted molar refractivity (Wildman–Crippen MR) is 122 cm³/mol. The first-order valence-electron chi connectivity index (χ1n) is 9.90. The average Bonchev–Trinajstić information content (AvgIpc) is 3.16. The molecule has 3 amide bonds. The van der Waals surface area contributed by atoms with E-state index in [0.717, 1.165) is 5.75 Å². The third-order valence-electron chi connectivity index (χ3n) is 5.36. The molecule has 0 saturated carbocycles. The van der Waals surface area contributed by atoms with Crippen molar-refractivity contribution >= 4 is 52.7 Å². The van der Waals surface area contributed by atoms with Gasteiger partial charge in [-0.25, -0.2) is 0 Å². The Hall–Kier alpha value is -2.22. The highest BCUT2D eigenvalue weighted by molar-refractivity contribution is 7.98. The van der Waals surface area contributed by atoms with Gasteiger partial charge in [0.25, 0.3) is 5.91 Å². The Balaban J connectivity index is 1.35. The van der Waals surface area contributed by atoms with E-state index in [-0.39, 0.29) is 23.8 Å². The van der Waals surface area contributed by atoms with E-state index in [1.165, 1.54) is 17.7 Å². The number of amides is 3. The highest BCUT2D eigenvalue weighted by Gasteiger charge is 2.46. The van der Waals surface area contributed by atoms with Gasteiger partial charge < -0.3 is 15.5 Å². The Morgan fingerprint density at radius 1 is 1.13 bits per heavy atom. The van der Waals surface area contributed by atoms with Crippen molar-refractivity contribution in [2.45, 2.75) is 30.3 Å². The maximum Gasteiger partial charge on any atom is 0.251 e. The van der Waals surface area contributed by atoms with Crippen LogP contribution in [-0.4, -0.2) is 53.0 Å². The summed E-state index contributed by atoms with van der Waals surface area (Å²) in [6.07, 6.45) is 0.376. The van der Waals surface area contributed by atoms with Crippen LogP contribution in [-0.2, 0) is 15.3 Å². The number of piperazine rings is 1. The molecule has 2 aliphatic rings. The van der Waals surface area contributed by atoms with Crippen LogP contribution in [0.1, 0.15) is 22.3 Å². The molecule has 0 aromatic heterocycles. The lowest BCUT2D eigenvalue weighted by molar-refractivity contribution is -0.146. The van der Waals surface area contributed by atoms with E-state index < -0.39 is 12.1 Å². The number of carbonyl (C=O) groups excluding carboxylic acids is 3. The molecule has 9 heteroatoms. The largest absolute Gasteiger partial charge is 0.347 e. The number of benzene rings is 2. The van der Waals surface area contributed by atoms with Crippen molar-refractivity contribution in [3.63, 3.8) is 0 Å². The first-order chi connectivity index (χ1) is 14.9. The van der Waals surface area contributed by atoms with Crippen molar-refractivity contribution < 1.29 is 14.4 Å². The molecule has 2 fully saturated rings. The van der Waals surface area contributed by atoms with Crippen molar-refractivity contribution in [3.8, 4) is 0 Å². The molecule has 2 aromatic carbocycles. The normalized spacial score (nSPS) is 22.8. The van der Waals surface area contributed by atoms with Crippen LogP contribution in [0.5, 0.6) is 0 Å². The number of carbonyl (C=O) groups is 3. The van der Waals surface area contributed by atoms with Gasteiger partial charge in [0.2, 0.25) is 11.8 Å². The third-order valence-corrected chi connectivity index (χ3v) is 6.90. The average molecular weight is 478 g/mol. The van der Waals surface area contributed by atoms with Gasteiger partial charge >= 0.3 is 0 Å². The summed E-state index contributed by atoms with van der Waals surface area (Å²) < 4.78 is 0. The van der Waals surface area contributed by atoms with E-state index >= 15 is 0 Å². The fourth-order valence-electron chi connectivity index (χ4n) is 3.90. The predicted octanol–water partition coefficient (Wildman–Crippen LogP) is 3.12. The zero-order chi connectivity index (χ0) is 22.0. The van der Waals surface area contributed by atoms with Gasteiger partial charge in [0.05, 0.1) is 0 Å². The summed E-state index contributed by atoms with van der Waals surface area (Å²) in [5.74, 6) is 0.656. The SMILES string of the molecule is O=C(N[C@H]1C[C@H]2C(=O)N[C@@H](CSCc3ccccc3)C(=O)N2C1)c1cc(Cl)cc(Cl)c1. The van der Waals surface area contributed by atoms with Gasteiger partial charge in [0.1, 0.15) is 12.1 Å². The molecule has 4 rings (SSSR count). The van der Waals surface area contributed by atoms with E-state index in [0.29, 0.717) is 34.3 Å². The quantitative estimate of drug-likeness (QED) is 0.669.